The number of thiocarbonyl (C=S) groups is 1. The van der Waals surface area contributed by atoms with E-state index in [4.69, 9.17) is 23.8 Å². The average Bonchev–Trinajstić information content (AvgIpc) is 2.83. The van der Waals surface area contributed by atoms with Crippen molar-refractivity contribution in [3.05, 3.63) is 39.6 Å². The van der Waals surface area contributed by atoms with Crippen LogP contribution in [0.25, 0.3) is 0 Å². The number of halogens is 4. The predicted octanol–water partition coefficient (Wildman–Crippen LogP) is 4.06. The first-order chi connectivity index (χ1) is 8.99. The molecule has 9 heteroatoms. The molecule has 0 atom stereocenters. The molecule has 0 aliphatic carbocycles. The minimum absolute atomic E-state index is 0.0352. The summed E-state index contributed by atoms with van der Waals surface area (Å²) in [7, 11) is 0. The van der Waals surface area contributed by atoms with E-state index in [0.717, 1.165) is 17.6 Å². The van der Waals surface area contributed by atoms with Gasteiger partial charge in [0, 0.05) is 5.69 Å². The number of aromatic nitrogens is 2. The van der Waals surface area contributed by atoms with Gasteiger partial charge in [0.15, 0.2) is 5.69 Å². The second-order valence-corrected chi connectivity index (χ2v) is 4.94. The summed E-state index contributed by atoms with van der Waals surface area (Å²) in [6.45, 7) is 0. The van der Waals surface area contributed by atoms with Crippen LogP contribution in [0.1, 0.15) is 17.0 Å². The molecule has 0 radical (unpaired) electrons. The molecule has 0 bridgehead atoms. The second-order valence-electron chi connectivity index (χ2n) is 3.37. The van der Waals surface area contributed by atoms with E-state index in [1.54, 1.807) is 0 Å². The molecule has 1 aromatic carbocycles. The summed E-state index contributed by atoms with van der Waals surface area (Å²) in [5.74, 6) is -0.578. The highest BCUT2D eigenvalue weighted by Crippen LogP contribution is 2.25. The van der Waals surface area contributed by atoms with Crippen LogP contribution in [-0.4, -0.2) is 14.6 Å². The van der Waals surface area contributed by atoms with Gasteiger partial charge in [0.25, 0.3) is 6.43 Å². The Kier molecular flexibility index (Phi) is 4.33. The molecular weight excluding hydrogens is 319 g/mol. The molecule has 3 nitrogen and oxygen atoms in total. The van der Waals surface area contributed by atoms with Crippen LogP contribution >= 0.6 is 35.4 Å². The largest absolute Gasteiger partial charge is 0.345 e. The zero-order chi connectivity index (χ0) is 14.0. The number of hydrogen-bond donors (Lipinski definition) is 1. The molecule has 0 amide bonds. The molecule has 0 aliphatic heterocycles. The monoisotopic (exact) mass is 323 g/mol. The van der Waals surface area contributed by atoms with Gasteiger partial charge in [-0.05, 0) is 29.7 Å². The third-order valence-electron chi connectivity index (χ3n) is 2.10. The fourth-order valence-electron chi connectivity index (χ4n) is 1.26. The first-order valence-electron chi connectivity index (χ1n) is 4.86. The van der Waals surface area contributed by atoms with Gasteiger partial charge in [-0.15, -0.1) is 5.10 Å². The maximum Gasteiger partial charge on any atom is 0.283 e. The zero-order valence-corrected chi connectivity index (χ0v) is 11.4. The number of anilines is 1. The quantitative estimate of drug-likeness (QED) is 0.865. The van der Waals surface area contributed by atoms with Gasteiger partial charge in [0.05, 0.1) is 5.02 Å². The van der Waals surface area contributed by atoms with Gasteiger partial charge >= 0.3 is 0 Å². The summed E-state index contributed by atoms with van der Waals surface area (Å²) in [5, 5.41) is 5.91. The number of hydrogen-bond acceptors (Lipinski definition) is 4. The maximum absolute atomic E-state index is 13.0. The normalized spacial score (nSPS) is 10.8. The number of rotatable bonds is 3. The van der Waals surface area contributed by atoms with Gasteiger partial charge in [0.2, 0.25) is 0 Å². The molecule has 1 heterocycles. The van der Waals surface area contributed by atoms with Crippen molar-refractivity contribution in [1.29, 1.82) is 0 Å². The summed E-state index contributed by atoms with van der Waals surface area (Å²) < 4.78 is 41.7. The Bertz CT molecular complexity index is 618. The van der Waals surface area contributed by atoms with Crippen molar-refractivity contribution in [3.63, 3.8) is 0 Å². The number of benzene rings is 1. The van der Waals surface area contributed by atoms with Crippen molar-refractivity contribution in [1.82, 2.24) is 9.59 Å². The van der Waals surface area contributed by atoms with Crippen LogP contribution in [0.2, 0.25) is 5.02 Å². The molecule has 0 fully saturated rings. The third-order valence-corrected chi connectivity index (χ3v) is 3.59. The molecule has 1 N–H and O–H groups in total. The molecule has 0 saturated heterocycles. The van der Waals surface area contributed by atoms with Crippen LogP contribution in [0.4, 0.5) is 18.9 Å². The Balaban J connectivity index is 2.21. The number of nitrogens with zero attached hydrogens (tertiary/aromatic N) is 2. The van der Waals surface area contributed by atoms with E-state index in [9.17, 15) is 13.2 Å². The van der Waals surface area contributed by atoms with Gasteiger partial charge in [-0.3, -0.25) is 0 Å². The van der Waals surface area contributed by atoms with Crippen LogP contribution < -0.4 is 5.32 Å². The summed E-state index contributed by atoms with van der Waals surface area (Å²) >= 11 is 11.4. The minimum atomic E-state index is -2.76. The topological polar surface area (TPSA) is 37.8 Å². The van der Waals surface area contributed by atoms with Gasteiger partial charge < -0.3 is 5.32 Å². The van der Waals surface area contributed by atoms with Crippen LogP contribution in [0.15, 0.2) is 18.2 Å². The summed E-state index contributed by atoms with van der Waals surface area (Å²) in [5.41, 5.74) is -0.0827. The second kappa shape index (κ2) is 5.81. The Morgan fingerprint density at radius 3 is 2.79 bits per heavy atom. The van der Waals surface area contributed by atoms with E-state index in [-0.39, 0.29) is 14.9 Å². The molecule has 0 aliphatic rings. The van der Waals surface area contributed by atoms with E-state index in [1.807, 2.05) is 0 Å². The van der Waals surface area contributed by atoms with E-state index in [1.165, 1.54) is 12.1 Å². The molecule has 100 valence electrons. The SMILES string of the molecule is Fc1ccc(NC(=S)c2snnc2C(F)F)cc1Cl. The fourth-order valence-corrected chi connectivity index (χ4v) is 2.34. The van der Waals surface area contributed by atoms with Crippen molar-refractivity contribution in [2.24, 2.45) is 0 Å². The van der Waals surface area contributed by atoms with Crippen LogP contribution in [0, 0.1) is 5.82 Å². The summed E-state index contributed by atoms with van der Waals surface area (Å²) in [4.78, 5) is 0.110. The Labute approximate surface area is 120 Å². The van der Waals surface area contributed by atoms with Gasteiger partial charge in [-0.1, -0.05) is 28.3 Å². The van der Waals surface area contributed by atoms with Crippen LogP contribution in [0.5, 0.6) is 0 Å². The molecule has 0 saturated carbocycles. The van der Waals surface area contributed by atoms with Crippen LogP contribution in [-0.2, 0) is 0 Å². The van der Waals surface area contributed by atoms with Crippen molar-refractivity contribution in [2.75, 3.05) is 5.32 Å². The van der Waals surface area contributed by atoms with Gasteiger partial charge in [-0.2, -0.15) is 0 Å². The highest BCUT2D eigenvalue weighted by Gasteiger charge is 2.21. The Morgan fingerprint density at radius 1 is 1.42 bits per heavy atom. The lowest BCUT2D eigenvalue weighted by Crippen LogP contribution is -2.11. The van der Waals surface area contributed by atoms with Crippen LogP contribution in [0.3, 0.4) is 0 Å². The molecule has 19 heavy (non-hydrogen) atoms. The zero-order valence-electron chi connectivity index (χ0n) is 9.03. The lowest BCUT2D eigenvalue weighted by atomic mass is 10.3. The standard InChI is InChI=1S/C10H5ClF3N3S2/c11-5-3-4(1-2-6(5)12)15-10(18)8-7(9(13)14)16-17-19-8/h1-3,9H,(H,15,18). The average molecular weight is 324 g/mol. The molecular formula is C10H5ClF3N3S2. The minimum Gasteiger partial charge on any atom is -0.345 e. The summed E-state index contributed by atoms with van der Waals surface area (Å²) in [6.07, 6.45) is -2.76. The van der Waals surface area contributed by atoms with Crippen molar-refractivity contribution < 1.29 is 13.2 Å². The highest BCUT2D eigenvalue weighted by molar-refractivity contribution is 7.81. The van der Waals surface area contributed by atoms with Crippen molar-refractivity contribution in [3.8, 4) is 0 Å². The Morgan fingerprint density at radius 2 is 2.16 bits per heavy atom. The molecule has 1 aromatic heterocycles. The molecule has 2 aromatic rings. The molecule has 2 rings (SSSR count). The first kappa shape index (κ1) is 14.2. The van der Waals surface area contributed by atoms with E-state index >= 15 is 0 Å². The van der Waals surface area contributed by atoms with Crippen molar-refractivity contribution >= 4 is 46.0 Å². The maximum atomic E-state index is 13.0. The highest BCUT2D eigenvalue weighted by atomic mass is 35.5. The van der Waals surface area contributed by atoms with E-state index < -0.39 is 17.9 Å². The number of nitrogens with one attached hydrogen (secondary N) is 1. The van der Waals surface area contributed by atoms with E-state index in [0.29, 0.717) is 5.69 Å². The lowest BCUT2D eigenvalue weighted by Gasteiger charge is -2.07. The first-order valence-corrected chi connectivity index (χ1v) is 6.42. The molecule has 0 unspecified atom stereocenters. The molecule has 0 spiro atoms. The van der Waals surface area contributed by atoms with E-state index in [2.05, 4.69) is 14.9 Å². The van der Waals surface area contributed by atoms with Gasteiger partial charge in [0.1, 0.15) is 15.7 Å². The van der Waals surface area contributed by atoms with Gasteiger partial charge in [-0.25, -0.2) is 13.2 Å². The fraction of sp³-hybridized carbons (Fsp3) is 0.100. The van der Waals surface area contributed by atoms with Crippen molar-refractivity contribution in [2.45, 2.75) is 6.43 Å². The summed E-state index contributed by atoms with van der Waals surface area (Å²) in [6, 6.07) is 3.84. The predicted molar refractivity (Wildman–Crippen MR) is 71.6 cm³/mol. The third kappa shape index (κ3) is 3.20. The lowest BCUT2D eigenvalue weighted by molar-refractivity contribution is 0.146. The number of alkyl halides is 2. The Hall–Kier alpha value is -1.25. The smallest absolute Gasteiger partial charge is 0.283 e.